The first kappa shape index (κ1) is 15.0. The number of aryl methyl sites for hydroxylation is 1. The van der Waals surface area contributed by atoms with Gasteiger partial charge in [0.15, 0.2) is 0 Å². The Kier molecular flexibility index (Phi) is 3.82. The van der Waals surface area contributed by atoms with Crippen LogP contribution in [0.25, 0.3) is 10.9 Å². The third-order valence-corrected chi connectivity index (χ3v) is 4.68. The van der Waals surface area contributed by atoms with Crippen LogP contribution in [0.15, 0.2) is 60.8 Å². The summed E-state index contributed by atoms with van der Waals surface area (Å²) in [6, 6.07) is 18.0. The van der Waals surface area contributed by atoms with Crippen molar-refractivity contribution in [2.75, 3.05) is 19.7 Å². The Labute approximate surface area is 141 Å². The monoisotopic (exact) mass is 320 g/mol. The molecule has 0 saturated carbocycles. The molecule has 0 spiro atoms. The summed E-state index contributed by atoms with van der Waals surface area (Å²) in [5.41, 5.74) is 2.96. The van der Waals surface area contributed by atoms with Crippen molar-refractivity contribution in [2.45, 2.75) is 6.10 Å². The van der Waals surface area contributed by atoms with Gasteiger partial charge in [-0.05, 0) is 23.8 Å². The van der Waals surface area contributed by atoms with Gasteiger partial charge < -0.3 is 14.2 Å². The van der Waals surface area contributed by atoms with E-state index in [-0.39, 0.29) is 12.0 Å². The van der Waals surface area contributed by atoms with Crippen molar-refractivity contribution in [1.29, 1.82) is 0 Å². The Balaban J connectivity index is 1.62. The van der Waals surface area contributed by atoms with Crippen LogP contribution in [0.1, 0.15) is 22.0 Å². The smallest absolute Gasteiger partial charge is 0.254 e. The fraction of sp³-hybridized carbons (Fsp3) is 0.250. The zero-order valence-electron chi connectivity index (χ0n) is 13.7. The first-order valence-corrected chi connectivity index (χ1v) is 8.24. The molecule has 1 saturated heterocycles. The molecule has 0 radical (unpaired) electrons. The summed E-state index contributed by atoms with van der Waals surface area (Å²) >= 11 is 0. The number of amides is 1. The molecule has 3 aromatic rings. The van der Waals surface area contributed by atoms with Crippen molar-refractivity contribution in [2.24, 2.45) is 7.05 Å². The van der Waals surface area contributed by atoms with Gasteiger partial charge in [-0.1, -0.05) is 36.4 Å². The molecule has 1 aliphatic heterocycles. The van der Waals surface area contributed by atoms with E-state index in [1.165, 1.54) is 0 Å². The molecule has 0 unspecified atom stereocenters. The number of morpholine rings is 1. The van der Waals surface area contributed by atoms with Gasteiger partial charge in [0.1, 0.15) is 6.10 Å². The summed E-state index contributed by atoms with van der Waals surface area (Å²) < 4.78 is 7.91. The predicted octanol–water partition coefficient (Wildman–Crippen LogP) is 3.39. The molecule has 4 rings (SSSR count). The minimum absolute atomic E-state index is 0.0566. The second-order valence-electron chi connectivity index (χ2n) is 6.19. The third-order valence-electron chi connectivity index (χ3n) is 4.68. The zero-order valence-corrected chi connectivity index (χ0v) is 13.7. The van der Waals surface area contributed by atoms with Crippen molar-refractivity contribution in [3.8, 4) is 0 Å². The Morgan fingerprint density at radius 1 is 1.08 bits per heavy atom. The molecule has 1 fully saturated rings. The van der Waals surface area contributed by atoms with Gasteiger partial charge in [-0.25, -0.2) is 0 Å². The molecular weight excluding hydrogens is 300 g/mol. The van der Waals surface area contributed by atoms with E-state index in [0.717, 1.165) is 22.0 Å². The summed E-state index contributed by atoms with van der Waals surface area (Å²) in [4.78, 5) is 15.0. The van der Waals surface area contributed by atoms with Crippen LogP contribution in [0, 0.1) is 0 Å². The van der Waals surface area contributed by atoms with Crippen molar-refractivity contribution >= 4 is 16.8 Å². The van der Waals surface area contributed by atoms with E-state index in [0.29, 0.717) is 19.7 Å². The molecule has 122 valence electrons. The summed E-state index contributed by atoms with van der Waals surface area (Å²) in [6.07, 6.45) is 1.94. The number of benzene rings is 2. The average molecular weight is 320 g/mol. The number of ether oxygens (including phenoxy) is 1. The van der Waals surface area contributed by atoms with Crippen LogP contribution in [0.5, 0.6) is 0 Å². The first-order valence-electron chi connectivity index (χ1n) is 8.24. The maximum absolute atomic E-state index is 13.1. The number of hydrogen-bond donors (Lipinski definition) is 0. The highest BCUT2D eigenvalue weighted by atomic mass is 16.5. The van der Waals surface area contributed by atoms with E-state index in [1.54, 1.807) is 0 Å². The number of nitrogens with zero attached hydrogens (tertiary/aromatic N) is 2. The number of rotatable bonds is 2. The molecular formula is C20H20N2O2. The standard InChI is InChI=1S/C20H20N2O2/c1-21-11-10-16-17(8-5-9-18(16)21)20(23)22-12-13-24-19(14-22)15-6-3-2-4-7-15/h2-11,19H,12-14H2,1H3/t19-/m0/s1. The SMILES string of the molecule is Cn1ccc2c(C(=O)N3CCO[C@H](c4ccccc4)C3)cccc21. The summed E-state index contributed by atoms with van der Waals surface area (Å²) in [5.74, 6) is 0.0797. The average Bonchev–Trinajstić information content (AvgIpc) is 3.03. The zero-order chi connectivity index (χ0) is 16.5. The molecule has 0 aliphatic carbocycles. The van der Waals surface area contributed by atoms with Gasteiger partial charge in [-0.15, -0.1) is 0 Å². The lowest BCUT2D eigenvalue weighted by molar-refractivity contribution is -0.0227. The Bertz CT molecular complexity index is 870. The van der Waals surface area contributed by atoms with Crippen molar-refractivity contribution in [1.82, 2.24) is 9.47 Å². The number of fused-ring (bicyclic) bond motifs is 1. The van der Waals surface area contributed by atoms with Crippen LogP contribution in [0.4, 0.5) is 0 Å². The number of carbonyl (C=O) groups is 1. The summed E-state index contributed by atoms with van der Waals surface area (Å²) in [7, 11) is 2.00. The normalized spacial score (nSPS) is 18.0. The van der Waals surface area contributed by atoms with Gasteiger partial charge in [0.25, 0.3) is 5.91 Å². The lowest BCUT2D eigenvalue weighted by Gasteiger charge is -2.33. The molecule has 2 heterocycles. The van der Waals surface area contributed by atoms with Crippen LogP contribution < -0.4 is 0 Å². The van der Waals surface area contributed by atoms with Crippen molar-refractivity contribution in [3.63, 3.8) is 0 Å². The van der Waals surface area contributed by atoms with E-state index in [4.69, 9.17) is 4.74 Å². The molecule has 2 aromatic carbocycles. The topological polar surface area (TPSA) is 34.5 Å². The van der Waals surface area contributed by atoms with Crippen LogP contribution in [-0.4, -0.2) is 35.1 Å². The Morgan fingerprint density at radius 3 is 2.75 bits per heavy atom. The van der Waals surface area contributed by atoms with Gasteiger partial charge in [-0.2, -0.15) is 0 Å². The first-order chi connectivity index (χ1) is 11.7. The number of hydrogen-bond acceptors (Lipinski definition) is 2. The minimum Gasteiger partial charge on any atom is -0.370 e. The number of carbonyl (C=O) groups excluding carboxylic acids is 1. The molecule has 0 N–H and O–H groups in total. The van der Waals surface area contributed by atoms with E-state index >= 15 is 0 Å². The van der Waals surface area contributed by atoms with Gasteiger partial charge in [0.05, 0.1) is 13.2 Å². The maximum Gasteiger partial charge on any atom is 0.254 e. The van der Waals surface area contributed by atoms with Gasteiger partial charge in [0, 0.05) is 36.3 Å². The van der Waals surface area contributed by atoms with Crippen LogP contribution in [0.2, 0.25) is 0 Å². The largest absolute Gasteiger partial charge is 0.370 e. The van der Waals surface area contributed by atoms with Crippen molar-refractivity contribution < 1.29 is 9.53 Å². The van der Waals surface area contributed by atoms with E-state index < -0.39 is 0 Å². The molecule has 1 atom stereocenters. The lowest BCUT2D eigenvalue weighted by Crippen LogP contribution is -2.42. The highest BCUT2D eigenvalue weighted by Crippen LogP contribution is 2.25. The molecule has 1 amide bonds. The summed E-state index contributed by atoms with van der Waals surface area (Å²) in [6.45, 7) is 1.79. The third kappa shape index (κ3) is 2.59. The highest BCUT2D eigenvalue weighted by molar-refractivity contribution is 6.06. The Morgan fingerprint density at radius 2 is 1.92 bits per heavy atom. The van der Waals surface area contributed by atoms with Gasteiger partial charge in [0.2, 0.25) is 0 Å². The van der Waals surface area contributed by atoms with Crippen molar-refractivity contribution in [3.05, 3.63) is 71.9 Å². The second kappa shape index (κ2) is 6.13. The predicted molar refractivity (Wildman–Crippen MR) is 94.0 cm³/mol. The molecule has 1 aliphatic rings. The van der Waals surface area contributed by atoms with E-state index in [1.807, 2.05) is 65.2 Å². The van der Waals surface area contributed by atoms with Crippen LogP contribution in [-0.2, 0) is 11.8 Å². The van der Waals surface area contributed by atoms with Gasteiger partial charge >= 0.3 is 0 Å². The number of aromatic nitrogens is 1. The second-order valence-corrected chi connectivity index (χ2v) is 6.19. The van der Waals surface area contributed by atoms with E-state index in [9.17, 15) is 4.79 Å². The summed E-state index contributed by atoms with van der Waals surface area (Å²) in [5, 5.41) is 1.01. The maximum atomic E-state index is 13.1. The van der Waals surface area contributed by atoms with Gasteiger partial charge in [-0.3, -0.25) is 4.79 Å². The fourth-order valence-corrected chi connectivity index (χ4v) is 3.36. The Hall–Kier alpha value is -2.59. The molecule has 1 aromatic heterocycles. The minimum atomic E-state index is -0.0566. The molecule has 24 heavy (non-hydrogen) atoms. The van der Waals surface area contributed by atoms with Crippen LogP contribution >= 0.6 is 0 Å². The highest BCUT2D eigenvalue weighted by Gasteiger charge is 2.27. The molecule has 4 nitrogen and oxygen atoms in total. The van der Waals surface area contributed by atoms with E-state index in [2.05, 4.69) is 12.1 Å². The molecule has 4 heteroatoms. The quantitative estimate of drug-likeness (QED) is 0.725. The fourth-order valence-electron chi connectivity index (χ4n) is 3.36. The molecule has 0 bridgehead atoms. The lowest BCUT2D eigenvalue weighted by atomic mass is 10.1. The van der Waals surface area contributed by atoms with Crippen LogP contribution in [0.3, 0.4) is 0 Å².